The molecule has 1 amide bonds. The first-order valence-corrected chi connectivity index (χ1v) is 5.76. The molecule has 0 aliphatic rings. The largest absolute Gasteiger partial charge is 0.345 e. The topological polar surface area (TPSA) is 20.3 Å². The smallest absolute Gasteiger partial charge is 0.253 e. The third kappa shape index (κ3) is 2.78. The third-order valence-corrected chi connectivity index (χ3v) is 2.78. The number of amides is 1. The van der Waals surface area contributed by atoms with Gasteiger partial charge in [-0.3, -0.25) is 4.79 Å². The molecule has 0 radical (unpaired) electrons. The average Bonchev–Trinajstić information content (AvgIpc) is 2.38. The van der Waals surface area contributed by atoms with Gasteiger partial charge in [0.05, 0.1) is 0 Å². The van der Waals surface area contributed by atoms with E-state index in [0.29, 0.717) is 16.7 Å². The normalized spacial score (nSPS) is 10.3. The fourth-order valence-corrected chi connectivity index (χ4v) is 1.77. The number of benzene rings is 2. The molecule has 0 unspecified atom stereocenters. The number of nitrogens with zero attached hydrogens (tertiary/aromatic N) is 1. The maximum Gasteiger partial charge on any atom is 0.253 e. The number of carbonyl (C=O) groups excluding carboxylic acids is 1. The van der Waals surface area contributed by atoms with Gasteiger partial charge in [-0.1, -0.05) is 12.1 Å². The van der Waals surface area contributed by atoms with Gasteiger partial charge in [-0.05, 0) is 29.8 Å². The highest BCUT2D eigenvalue weighted by atomic mass is 19.1. The maximum atomic E-state index is 13.6. The first-order chi connectivity index (χ1) is 8.99. The minimum atomic E-state index is -0.619. The van der Waals surface area contributed by atoms with E-state index in [-0.39, 0.29) is 5.91 Å². The van der Waals surface area contributed by atoms with Crippen LogP contribution in [-0.4, -0.2) is 24.9 Å². The Morgan fingerprint density at radius 1 is 1.00 bits per heavy atom. The molecule has 19 heavy (non-hydrogen) atoms. The van der Waals surface area contributed by atoms with Crippen LogP contribution in [-0.2, 0) is 0 Å². The maximum absolute atomic E-state index is 13.6. The number of halogens is 2. The molecular formula is C15H13F2NO. The lowest BCUT2D eigenvalue weighted by Gasteiger charge is -2.10. The molecule has 0 spiro atoms. The van der Waals surface area contributed by atoms with E-state index < -0.39 is 11.6 Å². The molecule has 0 saturated heterocycles. The van der Waals surface area contributed by atoms with Gasteiger partial charge in [-0.25, -0.2) is 8.78 Å². The highest BCUT2D eigenvalue weighted by Gasteiger charge is 2.10. The fraction of sp³-hybridized carbons (Fsp3) is 0.133. The zero-order chi connectivity index (χ0) is 14.0. The Morgan fingerprint density at radius 2 is 1.63 bits per heavy atom. The summed E-state index contributed by atoms with van der Waals surface area (Å²) in [5.41, 5.74) is 1.44. The van der Waals surface area contributed by atoms with Gasteiger partial charge in [-0.15, -0.1) is 0 Å². The summed E-state index contributed by atoms with van der Waals surface area (Å²) in [4.78, 5) is 13.2. The molecule has 0 aliphatic carbocycles. The van der Waals surface area contributed by atoms with Crippen LogP contribution in [0.15, 0.2) is 42.5 Å². The number of rotatable bonds is 2. The lowest BCUT2D eigenvalue weighted by Crippen LogP contribution is -2.21. The highest BCUT2D eigenvalue weighted by Crippen LogP contribution is 2.23. The standard InChI is InChI=1S/C15H13F2NO/c1-18(2)15(19)11-5-3-10(4-6-11)13-8-7-12(16)9-14(13)17/h3-9H,1-2H3. The van der Waals surface area contributed by atoms with Crippen LogP contribution in [0.2, 0.25) is 0 Å². The lowest BCUT2D eigenvalue weighted by atomic mass is 10.0. The molecule has 98 valence electrons. The summed E-state index contributed by atoms with van der Waals surface area (Å²) in [6, 6.07) is 9.97. The summed E-state index contributed by atoms with van der Waals surface area (Å²) < 4.78 is 26.4. The van der Waals surface area contributed by atoms with Crippen LogP contribution < -0.4 is 0 Å². The second-order valence-corrected chi connectivity index (χ2v) is 4.40. The lowest BCUT2D eigenvalue weighted by molar-refractivity contribution is 0.0827. The van der Waals surface area contributed by atoms with Crippen molar-refractivity contribution in [1.29, 1.82) is 0 Å². The number of hydrogen-bond acceptors (Lipinski definition) is 1. The van der Waals surface area contributed by atoms with Crippen molar-refractivity contribution in [2.75, 3.05) is 14.1 Å². The molecule has 0 fully saturated rings. The van der Waals surface area contributed by atoms with Crippen LogP contribution in [0.1, 0.15) is 10.4 Å². The molecule has 0 aromatic heterocycles. The van der Waals surface area contributed by atoms with Crippen molar-refractivity contribution >= 4 is 5.91 Å². The van der Waals surface area contributed by atoms with Gasteiger partial charge in [0.15, 0.2) is 0 Å². The van der Waals surface area contributed by atoms with E-state index in [1.165, 1.54) is 17.0 Å². The Labute approximate surface area is 110 Å². The van der Waals surface area contributed by atoms with Gasteiger partial charge in [0.2, 0.25) is 0 Å². The average molecular weight is 261 g/mol. The van der Waals surface area contributed by atoms with Crippen molar-refractivity contribution in [3.8, 4) is 11.1 Å². The van der Waals surface area contributed by atoms with Crippen LogP contribution in [0.3, 0.4) is 0 Å². The van der Waals surface area contributed by atoms with Crippen LogP contribution in [0, 0.1) is 11.6 Å². The molecule has 0 atom stereocenters. The van der Waals surface area contributed by atoms with Crippen LogP contribution in [0.5, 0.6) is 0 Å². The molecule has 0 saturated carbocycles. The van der Waals surface area contributed by atoms with Crippen molar-refractivity contribution < 1.29 is 13.6 Å². The monoisotopic (exact) mass is 261 g/mol. The quantitative estimate of drug-likeness (QED) is 0.812. The van der Waals surface area contributed by atoms with E-state index in [1.807, 2.05) is 0 Å². The first-order valence-electron chi connectivity index (χ1n) is 5.76. The molecule has 0 aliphatic heterocycles. The van der Waals surface area contributed by atoms with Crippen molar-refractivity contribution in [2.24, 2.45) is 0 Å². The Hall–Kier alpha value is -2.23. The number of carbonyl (C=O) groups is 1. The molecule has 2 aromatic rings. The molecule has 0 heterocycles. The van der Waals surface area contributed by atoms with E-state index in [4.69, 9.17) is 0 Å². The summed E-state index contributed by atoms with van der Waals surface area (Å²) in [6.45, 7) is 0. The van der Waals surface area contributed by atoms with Crippen LogP contribution in [0.4, 0.5) is 8.78 Å². The second-order valence-electron chi connectivity index (χ2n) is 4.40. The molecule has 2 nitrogen and oxygen atoms in total. The molecule has 4 heteroatoms. The molecule has 2 rings (SSSR count). The Morgan fingerprint density at radius 3 is 2.16 bits per heavy atom. The second kappa shape index (κ2) is 5.18. The molecule has 2 aromatic carbocycles. The minimum absolute atomic E-state index is 0.119. The Balaban J connectivity index is 2.35. The van der Waals surface area contributed by atoms with E-state index in [2.05, 4.69) is 0 Å². The van der Waals surface area contributed by atoms with Gasteiger partial charge >= 0.3 is 0 Å². The van der Waals surface area contributed by atoms with Crippen molar-refractivity contribution in [3.63, 3.8) is 0 Å². The van der Waals surface area contributed by atoms with Crippen molar-refractivity contribution in [1.82, 2.24) is 4.90 Å². The molecular weight excluding hydrogens is 248 g/mol. The third-order valence-electron chi connectivity index (χ3n) is 2.78. The summed E-state index contributed by atoms with van der Waals surface area (Å²) in [6.07, 6.45) is 0. The van der Waals surface area contributed by atoms with Crippen molar-refractivity contribution in [3.05, 3.63) is 59.7 Å². The predicted octanol–water partition coefficient (Wildman–Crippen LogP) is 3.33. The predicted molar refractivity (Wildman–Crippen MR) is 69.8 cm³/mol. The van der Waals surface area contributed by atoms with Crippen LogP contribution in [0.25, 0.3) is 11.1 Å². The number of hydrogen-bond donors (Lipinski definition) is 0. The van der Waals surface area contributed by atoms with Crippen LogP contribution >= 0.6 is 0 Å². The molecule has 0 bridgehead atoms. The summed E-state index contributed by atoms with van der Waals surface area (Å²) in [5.74, 6) is -1.35. The summed E-state index contributed by atoms with van der Waals surface area (Å²) >= 11 is 0. The summed E-state index contributed by atoms with van der Waals surface area (Å²) in [7, 11) is 3.33. The van der Waals surface area contributed by atoms with E-state index >= 15 is 0 Å². The summed E-state index contributed by atoms with van der Waals surface area (Å²) in [5, 5.41) is 0. The highest BCUT2D eigenvalue weighted by molar-refractivity contribution is 5.94. The van der Waals surface area contributed by atoms with Gasteiger partial charge < -0.3 is 4.90 Å². The van der Waals surface area contributed by atoms with Gasteiger partial charge in [0, 0.05) is 31.3 Å². The SMILES string of the molecule is CN(C)C(=O)c1ccc(-c2ccc(F)cc2F)cc1. The molecule has 0 N–H and O–H groups in total. The zero-order valence-electron chi connectivity index (χ0n) is 10.7. The minimum Gasteiger partial charge on any atom is -0.345 e. The van der Waals surface area contributed by atoms with Gasteiger partial charge in [-0.2, -0.15) is 0 Å². The van der Waals surface area contributed by atoms with E-state index in [1.54, 1.807) is 38.4 Å². The fourth-order valence-electron chi connectivity index (χ4n) is 1.77. The zero-order valence-corrected chi connectivity index (χ0v) is 10.7. The van der Waals surface area contributed by atoms with Crippen molar-refractivity contribution in [2.45, 2.75) is 0 Å². The van der Waals surface area contributed by atoms with Gasteiger partial charge in [0.1, 0.15) is 11.6 Å². The van der Waals surface area contributed by atoms with Gasteiger partial charge in [0.25, 0.3) is 5.91 Å². The Bertz CT molecular complexity index is 606. The van der Waals surface area contributed by atoms with E-state index in [9.17, 15) is 13.6 Å². The Kier molecular flexibility index (Phi) is 3.60. The van der Waals surface area contributed by atoms with E-state index in [0.717, 1.165) is 6.07 Å². The first kappa shape index (κ1) is 13.2.